The summed E-state index contributed by atoms with van der Waals surface area (Å²) in [4.78, 5) is 41.2. The van der Waals surface area contributed by atoms with Crippen LogP contribution < -0.4 is 10.3 Å². The minimum absolute atomic E-state index is 0. The van der Waals surface area contributed by atoms with Gasteiger partial charge in [-0.1, -0.05) is 12.1 Å². The predicted molar refractivity (Wildman–Crippen MR) is 108 cm³/mol. The third kappa shape index (κ3) is 3.62. The quantitative estimate of drug-likeness (QED) is 0.148. The summed E-state index contributed by atoms with van der Waals surface area (Å²) in [5.74, 6) is -0.802. The number of hydrogen-bond donors (Lipinski definition) is 2. The van der Waals surface area contributed by atoms with Crippen LogP contribution in [-0.2, 0) is 24.3 Å². The van der Waals surface area contributed by atoms with E-state index in [0.717, 1.165) is 0 Å². The summed E-state index contributed by atoms with van der Waals surface area (Å²) in [6.45, 7) is 3.25. The Hall–Kier alpha value is -3.77. The molecular weight excluding hydrogens is 483 g/mol. The number of carbonyl (C=O) groups is 2. The number of nitrogens with one attached hydrogen (secondary N) is 1. The van der Waals surface area contributed by atoms with E-state index in [2.05, 4.69) is 46.3 Å². The minimum Gasteiger partial charge on any atom is -0.999 e. The van der Waals surface area contributed by atoms with Crippen molar-refractivity contribution in [2.45, 2.75) is 0 Å². The van der Waals surface area contributed by atoms with Gasteiger partial charge in [0, 0.05) is 31.1 Å². The molecule has 0 unspecified atom stereocenters. The first-order valence-electron chi connectivity index (χ1n) is 8.57. The molecule has 5 aromatic rings. The Morgan fingerprint density at radius 2 is 1.74 bits per heavy atom. The number of hydrogen-bond acceptors (Lipinski definition) is 5. The molecule has 6 rings (SSSR count). The van der Waals surface area contributed by atoms with Gasteiger partial charge < -0.3 is 45.2 Å². The van der Waals surface area contributed by atoms with Crippen LogP contribution in [0.1, 0.15) is 20.7 Å². The molecule has 2 N–H and O–H groups in total. The number of fused-ring (bicyclic) bond motifs is 8. The number of rotatable bonds is 0. The molecule has 7 nitrogen and oxygen atoms in total. The molecule has 0 bridgehead atoms. The molecule has 3 heterocycles. The monoisotopic (exact) mass is 494 g/mol. The molecule has 0 atom stereocenters. The van der Waals surface area contributed by atoms with Crippen LogP contribution in [0.4, 0.5) is 0 Å². The Labute approximate surface area is 189 Å². The Kier molecular flexibility index (Phi) is 6.32. The van der Waals surface area contributed by atoms with Crippen LogP contribution in [0.25, 0.3) is 32.7 Å². The third-order valence-electron chi connectivity index (χ3n) is 4.55. The Balaban J connectivity index is 0.000000297. The van der Waals surface area contributed by atoms with Gasteiger partial charge in [0.05, 0.1) is 16.6 Å². The largest absolute Gasteiger partial charge is 0.999 e. The maximum Gasteiger partial charge on any atom is 0.259 e. The topological polar surface area (TPSA) is 110 Å². The Morgan fingerprint density at radius 3 is 2.42 bits per heavy atom. The van der Waals surface area contributed by atoms with E-state index in [1.54, 1.807) is 36.5 Å². The molecule has 2 amide bonds. The van der Waals surface area contributed by atoms with Gasteiger partial charge in [0.2, 0.25) is 0 Å². The van der Waals surface area contributed by atoms with Crippen molar-refractivity contribution in [2.75, 3.05) is 0 Å². The number of amides is 2. The molecule has 0 fully saturated rings. The molecule has 0 spiro atoms. The summed E-state index contributed by atoms with van der Waals surface area (Å²) in [5, 5.41) is 13.9. The number of benzene rings is 2. The fourth-order valence-corrected chi connectivity index (χ4v) is 3.48. The molecular formula is C23H10N3O4Ru-7. The van der Waals surface area contributed by atoms with Crippen molar-refractivity contribution in [2.24, 2.45) is 0 Å². The average molecular weight is 493 g/mol. The van der Waals surface area contributed by atoms with E-state index in [0.29, 0.717) is 43.8 Å². The number of phenols is 1. The number of aromatic hydroxyl groups is 1. The first kappa shape index (κ1) is 21.9. The van der Waals surface area contributed by atoms with Crippen LogP contribution >= 0.6 is 0 Å². The molecule has 1 aliphatic heterocycles. The SMILES string of the molecule is O=C1NC(=O)c2c1c1cccnc1c1[n-]c3ccc(O)cc3c21.[CH-]=O.[Ru].[c-]1[c-][c-][cH-][c-]1. The van der Waals surface area contributed by atoms with Gasteiger partial charge in [-0.25, -0.2) is 0 Å². The fraction of sp³-hybridized carbons (Fsp3) is 0. The van der Waals surface area contributed by atoms with E-state index < -0.39 is 11.8 Å². The number of pyridine rings is 1. The summed E-state index contributed by atoms with van der Waals surface area (Å²) in [7, 11) is 0. The number of aromatic nitrogens is 2. The molecule has 0 aliphatic carbocycles. The second kappa shape index (κ2) is 8.94. The zero-order valence-electron chi connectivity index (χ0n) is 15.5. The van der Waals surface area contributed by atoms with E-state index in [-0.39, 0.29) is 25.2 Å². The zero-order chi connectivity index (χ0) is 21.3. The van der Waals surface area contributed by atoms with Crippen molar-refractivity contribution in [3.05, 3.63) is 78.0 Å². The van der Waals surface area contributed by atoms with Crippen molar-refractivity contribution in [3.63, 3.8) is 0 Å². The van der Waals surface area contributed by atoms with E-state index in [4.69, 9.17) is 4.79 Å². The van der Waals surface area contributed by atoms with Crippen molar-refractivity contribution >= 4 is 51.3 Å². The zero-order valence-corrected chi connectivity index (χ0v) is 17.3. The normalized spacial score (nSPS) is 11.7. The summed E-state index contributed by atoms with van der Waals surface area (Å²) < 4.78 is 0. The van der Waals surface area contributed by atoms with Gasteiger partial charge in [0.25, 0.3) is 11.8 Å². The number of carbonyl (C=O) groups excluding carboxylic acids is 3. The number of phenolic OH excluding ortho intramolecular Hbond substituents is 1. The minimum atomic E-state index is -0.446. The number of imide groups is 1. The summed E-state index contributed by atoms with van der Waals surface area (Å²) in [5.41, 5.74) is 2.40. The molecule has 0 saturated heterocycles. The van der Waals surface area contributed by atoms with Crippen LogP contribution in [0.15, 0.2) is 42.6 Å². The molecule has 1 aliphatic rings. The van der Waals surface area contributed by atoms with Gasteiger partial charge in [0.15, 0.2) is 0 Å². The molecule has 31 heavy (non-hydrogen) atoms. The molecule has 0 saturated carbocycles. The average Bonchev–Trinajstić information content (AvgIpc) is 3.50. The van der Waals surface area contributed by atoms with Crippen LogP contribution in [0.3, 0.4) is 0 Å². The second-order valence-electron chi connectivity index (χ2n) is 6.15. The first-order chi connectivity index (χ1) is 14.6. The predicted octanol–water partition coefficient (Wildman–Crippen LogP) is 2.42. The van der Waals surface area contributed by atoms with Crippen LogP contribution in [-0.4, -0.2) is 28.7 Å². The van der Waals surface area contributed by atoms with Crippen molar-refractivity contribution < 1.29 is 39.0 Å². The van der Waals surface area contributed by atoms with Crippen molar-refractivity contribution in [1.29, 1.82) is 0 Å². The van der Waals surface area contributed by atoms with E-state index in [1.165, 1.54) is 6.07 Å². The van der Waals surface area contributed by atoms with Crippen LogP contribution in [0.2, 0.25) is 0 Å². The molecule has 0 radical (unpaired) electrons. The third-order valence-corrected chi connectivity index (χ3v) is 4.55. The summed E-state index contributed by atoms with van der Waals surface area (Å²) in [6, 6.07) is 20.3. The standard InChI is InChI=1S/C17H9N3O3.C5H.CHO.Ru/c21-7-3-4-10-9(6-7)11-13-12(16(22)20-17(13)23)8-2-1-5-18-14(8)15(11)19-10;1-2-4-5-3-1;1-2;/h1-6H,(H3,18,19,20,21,22,23);1H;1H;/q;-5;-1;/p-1. The summed E-state index contributed by atoms with van der Waals surface area (Å²) in [6.07, 6.45) is 1.62. The van der Waals surface area contributed by atoms with Crippen molar-refractivity contribution in [1.82, 2.24) is 15.3 Å². The molecule has 2 aromatic heterocycles. The Bertz CT molecular complexity index is 1390. The van der Waals surface area contributed by atoms with Gasteiger partial charge in [-0.15, -0.1) is 11.0 Å². The smallest absolute Gasteiger partial charge is 0.259 e. The summed E-state index contributed by atoms with van der Waals surface area (Å²) >= 11 is 0. The molecule has 3 aromatic carbocycles. The van der Waals surface area contributed by atoms with Gasteiger partial charge >= 0.3 is 0 Å². The van der Waals surface area contributed by atoms with E-state index >= 15 is 0 Å². The van der Waals surface area contributed by atoms with Crippen molar-refractivity contribution in [3.8, 4) is 5.75 Å². The van der Waals surface area contributed by atoms with E-state index in [9.17, 15) is 14.7 Å². The molecule has 156 valence electrons. The maximum atomic E-state index is 12.3. The van der Waals surface area contributed by atoms with Crippen LogP contribution in [0, 0.1) is 24.3 Å². The molecule has 8 heteroatoms. The fourth-order valence-electron chi connectivity index (χ4n) is 3.48. The van der Waals surface area contributed by atoms with Gasteiger partial charge in [-0.2, -0.15) is 0 Å². The van der Waals surface area contributed by atoms with Gasteiger partial charge in [-0.05, 0) is 29.0 Å². The Morgan fingerprint density at radius 1 is 1.03 bits per heavy atom. The van der Waals surface area contributed by atoms with Gasteiger partial charge in [-0.3, -0.25) is 26.7 Å². The first-order valence-corrected chi connectivity index (χ1v) is 8.57. The van der Waals surface area contributed by atoms with E-state index in [1.807, 2.05) is 0 Å². The van der Waals surface area contributed by atoms with Crippen LogP contribution in [0.5, 0.6) is 5.75 Å². The second-order valence-corrected chi connectivity index (χ2v) is 6.15. The van der Waals surface area contributed by atoms with Gasteiger partial charge in [0.1, 0.15) is 5.75 Å². The maximum absolute atomic E-state index is 12.3. The number of nitrogens with zero attached hydrogens (tertiary/aromatic N) is 2.